The van der Waals surface area contributed by atoms with Crippen molar-refractivity contribution in [2.45, 2.75) is 32.2 Å². The van der Waals surface area contributed by atoms with E-state index in [1.165, 1.54) is 0 Å². The van der Waals surface area contributed by atoms with Crippen LogP contribution in [-0.4, -0.2) is 12.9 Å². The molecule has 0 aromatic heterocycles. The fourth-order valence-electron chi connectivity index (χ4n) is 1.97. The number of nitrogens with zero attached hydrogens (tertiary/aromatic N) is 1. The maximum absolute atomic E-state index is 9.15. The zero-order valence-corrected chi connectivity index (χ0v) is 10.0. The van der Waals surface area contributed by atoms with E-state index in [4.69, 9.17) is 14.7 Å². The van der Waals surface area contributed by atoms with Crippen LogP contribution in [0.4, 0.5) is 0 Å². The van der Waals surface area contributed by atoms with Gasteiger partial charge in [-0.05, 0) is 17.9 Å². The van der Waals surface area contributed by atoms with E-state index in [0.717, 1.165) is 25.0 Å². The van der Waals surface area contributed by atoms with Crippen molar-refractivity contribution in [1.82, 2.24) is 0 Å². The van der Waals surface area contributed by atoms with Crippen molar-refractivity contribution in [2.75, 3.05) is 6.61 Å². The molecule has 3 nitrogen and oxygen atoms in total. The molecule has 90 valence electrons. The highest BCUT2D eigenvalue weighted by molar-refractivity contribution is 5.21. The fourth-order valence-corrected chi connectivity index (χ4v) is 1.97. The highest BCUT2D eigenvalue weighted by atomic mass is 16.7. The first-order valence-electron chi connectivity index (χ1n) is 6.01. The molecular formula is C14H17NO2. The molecule has 0 amide bonds. The Kier molecular flexibility index (Phi) is 4.13. The lowest BCUT2D eigenvalue weighted by Gasteiger charge is -2.28. The van der Waals surface area contributed by atoms with E-state index in [1.807, 2.05) is 30.3 Å². The molecule has 0 spiro atoms. The zero-order chi connectivity index (χ0) is 12.1. The third-order valence-electron chi connectivity index (χ3n) is 3.02. The topological polar surface area (TPSA) is 42.2 Å². The standard InChI is InChI=1S/C14H17NO2/c1-11-7-8-16-14(9-11)17-13(10-15)12-5-3-2-4-6-12/h2-6,11,13-14H,7-9H2,1H3. The van der Waals surface area contributed by atoms with E-state index < -0.39 is 6.10 Å². The molecule has 1 fully saturated rings. The van der Waals surface area contributed by atoms with Crippen molar-refractivity contribution in [3.05, 3.63) is 35.9 Å². The van der Waals surface area contributed by atoms with Gasteiger partial charge in [-0.1, -0.05) is 37.3 Å². The summed E-state index contributed by atoms with van der Waals surface area (Å²) in [5.41, 5.74) is 0.886. The summed E-state index contributed by atoms with van der Waals surface area (Å²) in [6, 6.07) is 11.7. The van der Waals surface area contributed by atoms with Gasteiger partial charge in [0, 0.05) is 13.0 Å². The Bertz CT molecular complexity index is 385. The molecule has 0 saturated carbocycles. The molecule has 1 saturated heterocycles. The summed E-state index contributed by atoms with van der Waals surface area (Å²) < 4.78 is 11.2. The molecule has 0 N–H and O–H groups in total. The van der Waals surface area contributed by atoms with Crippen LogP contribution in [0.5, 0.6) is 0 Å². The summed E-state index contributed by atoms with van der Waals surface area (Å²) >= 11 is 0. The first kappa shape index (κ1) is 12.1. The van der Waals surface area contributed by atoms with E-state index in [-0.39, 0.29) is 6.29 Å². The van der Waals surface area contributed by atoms with E-state index >= 15 is 0 Å². The molecule has 1 heterocycles. The predicted octanol–water partition coefficient (Wildman–Crippen LogP) is 3.04. The predicted molar refractivity (Wildman–Crippen MR) is 64.0 cm³/mol. The van der Waals surface area contributed by atoms with Crippen molar-refractivity contribution in [1.29, 1.82) is 5.26 Å². The van der Waals surface area contributed by atoms with E-state index in [0.29, 0.717) is 5.92 Å². The third kappa shape index (κ3) is 3.29. The Hall–Kier alpha value is -1.37. The summed E-state index contributed by atoms with van der Waals surface area (Å²) in [5, 5.41) is 9.15. The normalized spacial score (nSPS) is 26.1. The molecule has 1 aromatic carbocycles. The first-order chi connectivity index (χ1) is 8.29. The van der Waals surface area contributed by atoms with Gasteiger partial charge in [0.15, 0.2) is 12.4 Å². The van der Waals surface area contributed by atoms with Crippen LogP contribution in [0.15, 0.2) is 30.3 Å². The van der Waals surface area contributed by atoms with Gasteiger partial charge in [-0.3, -0.25) is 0 Å². The Morgan fingerprint density at radius 3 is 2.82 bits per heavy atom. The molecule has 1 aliphatic rings. The lowest BCUT2D eigenvalue weighted by Crippen LogP contribution is -2.28. The van der Waals surface area contributed by atoms with E-state index in [9.17, 15) is 0 Å². The number of nitriles is 1. The number of rotatable bonds is 3. The monoisotopic (exact) mass is 231 g/mol. The van der Waals surface area contributed by atoms with Crippen molar-refractivity contribution in [3.8, 4) is 6.07 Å². The Morgan fingerprint density at radius 2 is 2.18 bits per heavy atom. The summed E-state index contributed by atoms with van der Waals surface area (Å²) in [6.07, 6.45) is 1.16. The highest BCUT2D eigenvalue weighted by Crippen LogP contribution is 2.25. The second kappa shape index (κ2) is 5.81. The van der Waals surface area contributed by atoms with Crippen LogP contribution in [0, 0.1) is 17.2 Å². The summed E-state index contributed by atoms with van der Waals surface area (Å²) in [6.45, 7) is 2.90. The zero-order valence-electron chi connectivity index (χ0n) is 10.0. The SMILES string of the molecule is CC1CCOC(OC(C#N)c2ccccc2)C1. The van der Waals surface area contributed by atoms with E-state index in [1.54, 1.807) is 0 Å². The van der Waals surface area contributed by atoms with Crippen LogP contribution in [0.25, 0.3) is 0 Å². The minimum atomic E-state index is -0.536. The van der Waals surface area contributed by atoms with Gasteiger partial charge in [0.05, 0.1) is 6.07 Å². The average Bonchev–Trinajstić information content (AvgIpc) is 2.37. The van der Waals surface area contributed by atoms with Gasteiger partial charge in [0.2, 0.25) is 0 Å². The van der Waals surface area contributed by atoms with E-state index in [2.05, 4.69) is 13.0 Å². The second-order valence-corrected chi connectivity index (χ2v) is 4.49. The molecule has 3 heteroatoms. The lowest BCUT2D eigenvalue weighted by atomic mass is 10.0. The maximum Gasteiger partial charge on any atom is 0.172 e. The van der Waals surface area contributed by atoms with Gasteiger partial charge in [-0.2, -0.15) is 5.26 Å². The van der Waals surface area contributed by atoms with Crippen molar-refractivity contribution in [3.63, 3.8) is 0 Å². The molecule has 17 heavy (non-hydrogen) atoms. The lowest BCUT2D eigenvalue weighted by molar-refractivity contribution is -0.187. The maximum atomic E-state index is 9.15. The molecule has 0 radical (unpaired) electrons. The van der Waals surface area contributed by atoms with Gasteiger partial charge >= 0.3 is 0 Å². The van der Waals surface area contributed by atoms with Crippen LogP contribution < -0.4 is 0 Å². The molecular weight excluding hydrogens is 214 g/mol. The van der Waals surface area contributed by atoms with Gasteiger partial charge in [-0.15, -0.1) is 0 Å². The largest absolute Gasteiger partial charge is 0.353 e. The highest BCUT2D eigenvalue weighted by Gasteiger charge is 2.24. The number of hydrogen-bond acceptors (Lipinski definition) is 3. The molecule has 3 unspecified atom stereocenters. The second-order valence-electron chi connectivity index (χ2n) is 4.49. The van der Waals surface area contributed by atoms with Gasteiger partial charge in [-0.25, -0.2) is 0 Å². The fraction of sp³-hybridized carbons (Fsp3) is 0.500. The molecule has 0 aliphatic carbocycles. The Labute approximate surface area is 102 Å². The van der Waals surface area contributed by atoms with Crippen molar-refractivity contribution < 1.29 is 9.47 Å². The Morgan fingerprint density at radius 1 is 1.41 bits per heavy atom. The Balaban J connectivity index is 1.99. The minimum Gasteiger partial charge on any atom is -0.353 e. The van der Waals surface area contributed by atoms with Crippen LogP contribution in [0.2, 0.25) is 0 Å². The molecule has 3 atom stereocenters. The molecule has 2 rings (SSSR count). The summed E-state index contributed by atoms with van der Waals surface area (Å²) in [4.78, 5) is 0. The molecule has 1 aliphatic heterocycles. The average molecular weight is 231 g/mol. The minimum absolute atomic E-state index is 0.247. The van der Waals surface area contributed by atoms with Gasteiger partial charge in [0.1, 0.15) is 0 Å². The number of benzene rings is 1. The van der Waals surface area contributed by atoms with Crippen LogP contribution in [-0.2, 0) is 9.47 Å². The quantitative estimate of drug-likeness (QED) is 0.803. The van der Waals surface area contributed by atoms with Crippen LogP contribution >= 0.6 is 0 Å². The van der Waals surface area contributed by atoms with Crippen LogP contribution in [0.1, 0.15) is 31.4 Å². The van der Waals surface area contributed by atoms with Gasteiger partial charge in [0.25, 0.3) is 0 Å². The first-order valence-corrected chi connectivity index (χ1v) is 6.01. The third-order valence-corrected chi connectivity index (χ3v) is 3.02. The van der Waals surface area contributed by atoms with Crippen LogP contribution in [0.3, 0.4) is 0 Å². The molecule has 0 bridgehead atoms. The van der Waals surface area contributed by atoms with Gasteiger partial charge < -0.3 is 9.47 Å². The number of hydrogen-bond donors (Lipinski definition) is 0. The summed E-state index contributed by atoms with van der Waals surface area (Å²) in [7, 11) is 0. The van der Waals surface area contributed by atoms with Crippen molar-refractivity contribution >= 4 is 0 Å². The van der Waals surface area contributed by atoms with Crippen molar-refractivity contribution in [2.24, 2.45) is 5.92 Å². The molecule has 1 aromatic rings. The number of ether oxygens (including phenoxy) is 2. The summed E-state index contributed by atoms with van der Waals surface area (Å²) in [5.74, 6) is 0.601. The smallest absolute Gasteiger partial charge is 0.172 e.